The number of aromatic hydroxyl groups is 1. The number of halogens is 1. The van der Waals surface area contributed by atoms with E-state index in [2.05, 4.69) is 15.9 Å². The van der Waals surface area contributed by atoms with Crippen LogP contribution < -0.4 is 4.74 Å². The first-order valence-electron chi connectivity index (χ1n) is 6.54. The fourth-order valence-electron chi connectivity index (χ4n) is 1.87. The average Bonchev–Trinajstić information content (AvgIpc) is 2.49. The van der Waals surface area contributed by atoms with Gasteiger partial charge in [0, 0.05) is 10.0 Å². The Kier molecular flexibility index (Phi) is 5.17. The van der Waals surface area contributed by atoms with Crippen LogP contribution in [0.4, 0.5) is 0 Å². The summed E-state index contributed by atoms with van der Waals surface area (Å²) in [4.78, 5) is 12.2. The number of benzene rings is 2. The van der Waals surface area contributed by atoms with Gasteiger partial charge in [-0.25, -0.2) is 0 Å². The second kappa shape index (κ2) is 7.09. The van der Waals surface area contributed by atoms with Crippen LogP contribution in [0.3, 0.4) is 0 Å². The summed E-state index contributed by atoms with van der Waals surface area (Å²) in [5.41, 5.74) is 1.08. The van der Waals surface area contributed by atoms with Gasteiger partial charge in [-0.2, -0.15) is 0 Å². The molecular weight excluding hydrogens is 332 g/mol. The number of hydrogen-bond donors (Lipinski definition) is 1. The van der Waals surface area contributed by atoms with Gasteiger partial charge in [-0.05, 0) is 43.3 Å². The van der Waals surface area contributed by atoms with E-state index in [1.54, 1.807) is 18.2 Å². The summed E-state index contributed by atoms with van der Waals surface area (Å²) >= 11 is 3.29. The van der Waals surface area contributed by atoms with Gasteiger partial charge in [0.15, 0.2) is 5.78 Å². The van der Waals surface area contributed by atoms with Gasteiger partial charge < -0.3 is 9.84 Å². The smallest absolute Gasteiger partial charge is 0.189 e. The first kappa shape index (κ1) is 15.3. The van der Waals surface area contributed by atoms with Gasteiger partial charge in [0.25, 0.3) is 0 Å². The van der Waals surface area contributed by atoms with E-state index >= 15 is 0 Å². The third kappa shape index (κ3) is 3.95. The molecule has 2 aromatic carbocycles. The van der Waals surface area contributed by atoms with E-state index in [-0.39, 0.29) is 17.1 Å². The molecule has 0 saturated carbocycles. The number of ether oxygens (including phenoxy) is 1. The highest BCUT2D eigenvalue weighted by Crippen LogP contribution is 2.24. The number of para-hydroxylation sites is 1. The lowest BCUT2D eigenvalue weighted by atomic mass is 10.1. The molecule has 0 bridgehead atoms. The summed E-state index contributed by atoms with van der Waals surface area (Å²) in [6, 6.07) is 12.2. The van der Waals surface area contributed by atoms with Crippen LogP contribution in [-0.2, 0) is 0 Å². The molecule has 1 N–H and O–H groups in total. The van der Waals surface area contributed by atoms with Gasteiger partial charge in [0.05, 0.1) is 12.2 Å². The van der Waals surface area contributed by atoms with Crippen molar-refractivity contribution in [3.05, 3.63) is 64.1 Å². The zero-order chi connectivity index (χ0) is 15.2. The van der Waals surface area contributed by atoms with Crippen LogP contribution in [0, 0.1) is 0 Å². The molecule has 0 amide bonds. The molecule has 0 aromatic heterocycles. The van der Waals surface area contributed by atoms with Crippen molar-refractivity contribution < 1.29 is 14.6 Å². The van der Waals surface area contributed by atoms with E-state index in [9.17, 15) is 9.90 Å². The Morgan fingerprint density at radius 2 is 2.05 bits per heavy atom. The van der Waals surface area contributed by atoms with Crippen molar-refractivity contribution >= 4 is 27.8 Å². The second-order valence-corrected chi connectivity index (χ2v) is 5.25. The summed E-state index contributed by atoms with van der Waals surface area (Å²) in [5, 5.41) is 9.74. The van der Waals surface area contributed by atoms with Crippen molar-refractivity contribution in [1.82, 2.24) is 0 Å². The van der Waals surface area contributed by atoms with Crippen molar-refractivity contribution in [3.63, 3.8) is 0 Å². The molecule has 4 heteroatoms. The van der Waals surface area contributed by atoms with Crippen LogP contribution in [0.5, 0.6) is 11.5 Å². The van der Waals surface area contributed by atoms with E-state index in [1.807, 2.05) is 31.2 Å². The van der Waals surface area contributed by atoms with Crippen LogP contribution in [0.25, 0.3) is 6.08 Å². The topological polar surface area (TPSA) is 46.5 Å². The van der Waals surface area contributed by atoms with Crippen molar-refractivity contribution in [2.24, 2.45) is 0 Å². The lowest BCUT2D eigenvalue weighted by molar-refractivity contribution is 0.104. The number of rotatable bonds is 5. The molecule has 0 radical (unpaired) electrons. The van der Waals surface area contributed by atoms with Crippen LogP contribution in [0.15, 0.2) is 53.0 Å². The number of hydrogen-bond acceptors (Lipinski definition) is 3. The fraction of sp³-hybridized carbons (Fsp3) is 0.118. The summed E-state index contributed by atoms with van der Waals surface area (Å²) in [6.45, 7) is 2.47. The van der Waals surface area contributed by atoms with E-state index in [1.165, 1.54) is 12.1 Å². The van der Waals surface area contributed by atoms with Gasteiger partial charge in [0.1, 0.15) is 11.5 Å². The van der Waals surface area contributed by atoms with Gasteiger partial charge in [-0.1, -0.05) is 34.1 Å². The zero-order valence-electron chi connectivity index (χ0n) is 11.5. The molecule has 0 aliphatic heterocycles. The highest BCUT2D eigenvalue weighted by Gasteiger charge is 2.09. The molecule has 0 aliphatic rings. The zero-order valence-corrected chi connectivity index (χ0v) is 13.1. The lowest BCUT2D eigenvalue weighted by Crippen LogP contribution is -1.96. The maximum Gasteiger partial charge on any atom is 0.189 e. The maximum absolute atomic E-state index is 12.2. The van der Waals surface area contributed by atoms with Crippen molar-refractivity contribution in [2.45, 2.75) is 6.92 Å². The number of carbonyl (C=O) groups excluding carboxylic acids is 1. The third-order valence-corrected chi connectivity index (χ3v) is 3.35. The largest absolute Gasteiger partial charge is 0.507 e. The molecule has 2 rings (SSSR count). The summed E-state index contributed by atoms with van der Waals surface area (Å²) in [7, 11) is 0. The normalized spacial score (nSPS) is 10.8. The minimum Gasteiger partial charge on any atom is -0.507 e. The molecule has 108 valence electrons. The third-order valence-electron chi connectivity index (χ3n) is 2.86. The van der Waals surface area contributed by atoms with Crippen molar-refractivity contribution in [1.29, 1.82) is 0 Å². The quantitative estimate of drug-likeness (QED) is 0.642. The predicted molar refractivity (Wildman–Crippen MR) is 86.8 cm³/mol. The summed E-state index contributed by atoms with van der Waals surface area (Å²) < 4.78 is 6.24. The van der Waals surface area contributed by atoms with Crippen LogP contribution in [0.2, 0.25) is 0 Å². The Bertz CT molecular complexity index is 677. The molecule has 0 unspecified atom stereocenters. The van der Waals surface area contributed by atoms with Gasteiger partial charge >= 0.3 is 0 Å². The van der Waals surface area contributed by atoms with Gasteiger partial charge in [0.2, 0.25) is 0 Å². The SMILES string of the molecule is CCOc1ccccc1/C=C/C(=O)c1cc(Br)ccc1O. The first-order chi connectivity index (χ1) is 10.1. The molecule has 3 nitrogen and oxygen atoms in total. The van der Waals surface area contributed by atoms with Crippen LogP contribution in [-0.4, -0.2) is 17.5 Å². The number of allylic oxidation sites excluding steroid dienone is 1. The monoisotopic (exact) mass is 346 g/mol. The highest BCUT2D eigenvalue weighted by atomic mass is 79.9. The van der Waals surface area contributed by atoms with Crippen molar-refractivity contribution in [3.8, 4) is 11.5 Å². The standard InChI is InChI=1S/C17H15BrO3/c1-2-21-17-6-4-3-5-12(17)7-9-15(19)14-11-13(18)8-10-16(14)20/h3-11,20H,2H2,1H3/b9-7+. The van der Waals surface area contributed by atoms with E-state index in [0.717, 1.165) is 15.8 Å². The molecule has 2 aromatic rings. The Morgan fingerprint density at radius 1 is 1.29 bits per heavy atom. The molecule has 0 heterocycles. The van der Waals surface area contributed by atoms with Gasteiger partial charge in [-0.3, -0.25) is 4.79 Å². The number of phenolic OH excluding ortho intramolecular Hbond substituents is 1. The minimum atomic E-state index is -0.264. The molecule has 0 aliphatic carbocycles. The van der Waals surface area contributed by atoms with Crippen molar-refractivity contribution in [2.75, 3.05) is 6.61 Å². The Hall–Kier alpha value is -2.07. The molecule has 21 heavy (non-hydrogen) atoms. The van der Waals surface area contributed by atoms with E-state index < -0.39 is 0 Å². The Balaban J connectivity index is 2.25. The minimum absolute atomic E-state index is 0.0362. The second-order valence-electron chi connectivity index (χ2n) is 4.33. The average molecular weight is 347 g/mol. The Morgan fingerprint density at radius 3 is 2.81 bits per heavy atom. The molecule has 0 saturated heterocycles. The van der Waals surface area contributed by atoms with Gasteiger partial charge in [-0.15, -0.1) is 0 Å². The summed E-state index contributed by atoms with van der Waals surface area (Å²) in [5.74, 6) is 0.425. The Labute approximate surface area is 132 Å². The predicted octanol–water partition coefficient (Wildman–Crippen LogP) is 4.45. The van der Waals surface area contributed by atoms with Crippen LogP contribution >= 0.6 is 15.9 Å². The lowest BCUT2D eigenvalue weighted by Gasteiger charge is -2.06. The molecule has 0 atom stereocenters. The maximum atomic E-state index is 12.2. The van der Waals surface area contributed by atoms with E-state index in [4.69, 9.17) is 4.74 Å². The first-order valence-corrected chi connectivity index (χ1v) is 7.34. The fourth-order valence-corrected chi connectivity index (χ4v) is 2.23. The molecular formula is C17H15BrO3. The molecule has 0 spiro atoms. The van der Waals surface area contributed by atoms with E-state index in [0.29, 0.717) is 6.61 Å². The summed E-state index contributed by atoms with van der Waals surface area (Å²) in [6.07, 6.45) is 3.12. The number of phenols is 1. The van der Waals surface area contributed by atoms with Crippen LogP contribution in [0.1, 0.15) is 22.8 Å². The highest BCUT2D eigenvalue weighted by molar-refractivity contribution is 9.10. The molecule has 0 fully saturated rings. The number of carbonyl (C=O) groups is 1. The number of ketones is 1.